The Bertz CT molecular complexity index is 402. The van der Waals surface area contributed by atoms with Crippen molar-refractivity contribution in [3.8, 4) is 0 Å². The van der Waals surface area contributed by atoms with Gasteiger partial charge in [0.1, 0.15) is 0 Å². The number of benzene rings is 1. The molecule has 1 aliphatic carbocycles. The van der Waals surface area contributed by atoms with Crippen molar-refractivity contribution >= 4 is 29.0 Å². The van der Waals surface area contributed by atoms with Crippen molar-refractivity contribution in [3.63, 3.8) is 0 Å². The van der Waals surface area contributed by atoms with E-state index in [9.17, 15) is 4.79 Å². The molecule has 86 valence electrons. The van der Waals surface area contributed by atoms with E-state index in [2.05, 4.69) is 5.32 Å². The second-order valence-electron chi connectivity index (χ2n) is 4.03. The largest absolute Gasteiger partial charge is 0.314 e. The highest BCUT2D eigenvalue weighted by Crippen LogP contribution is 2.23. The van der Waals surface area contributed by atoms with Gasteiger partial charge in [0.05, 0.1) is 10.0 Å². The second-order valence-corrected chi connectivity index (χ2v) is 4.84. The fourth-order valence-electron chi connectivity index (χ4n) is 1.49. The summed E-state index contributed by atoms with van der Waals surface area (Å²) in [5, 5.41) is 4.22. The van der Waals surface area contributed by atoms with Gasteiger partial charge in [-0.15, -0.1) is 0 Å². The van der Waals surface area contributed by atoms with Crippen LogP contribution in [0.4, 0.5) is 0 Å². The van der Waals surface area contributed by atoms with Crippen LogP contribution in [0.5, 0.6) is 0 Å². The van der Waals surface area contributed by atoms with E-state index < -0.39 is 0 Å². The van der Waals surface area contributed by atoms with Crippen molar-refractivity contribution in [2.24, 2.45) is 0 Å². The number of halogens is 2. The number of nitrogens with one attached hydrogen (secondary N) is 1. The third-order valence-electron chi connectivity index (χ3n) is 2.60. The van der Waals surface area contributed by atoms with Crippen LogP contribution in [-0.2, 0) is 0 Å². The van der Waals surface area contributed by atoms with E-state index >= 15 is 0 Å². The van der Waals surface area contributed by atoms with Crippen LogP contribution in [0.3, 0.4) is 0 Å². The quantitative estimate of drug-likeness (QED) is 0.821. The van der Waals surface area contributed by atoms with Crippen molar-refractivity contribution in [3.05, 3.63) is 33.8 Å². The van der Waals surface area contributed by atoms with E-state index in [-0.39, 0.29) is 5.78 Å². The average molecular weight is 258 g/mol. The fraction of sp³-hybridized carbons (Fsp3) is 0.417. The minimum absolute atomic E-state index is 0.103. The number of hydrogen-bond acceptors (Lipinski definition) is 2. The van der Waals surface area contributed by atoms with E-state index in [1.165, 1.54) is 12.8 Å². The fourth-order valence-corrected chi connectivity index (χ4v) is 1.79. The third-order valence-corrected chi connectivity index (χ3v) is 3.34. The predicted octanol–water partition coefficient (Wildman–Crippen LogP) is 3.32. The molecular weight excluding hydrogens is 245 g/mol. The van der Waals surface area contributed by atoms with Gasteiger partial charge in [-0.2, -0.15) is 0 Å². The summed E-state index contributed by atoms with van der Waals surface area (Å²) in [5.74, 6) is 0.103. The molecule has 1 N–H and O–H groups in total. The monoisotopic (exact) mass is 257 g/mol. The molecule has 4 heteroatoms. The standard InChI is InChI=1S/C12H13Cl2NO/c13-10-4-1-8(7-11(10)14)12(16)5-6-15-9-2-3-9/h1,4,7,9,15H,2-3,5-6H2. The number of ketones is 1. The summed E-state index contributed by atoms with van der Waals surface area (Å²) in [4.78, 5) is 11.8. The van der Waals surface area contributed by atoms with Gasteiger partial charge in [0, 0.05) is 24.6 Å². The molecule has 1 fully saturated rings. The van der Waals surface area contributed by atoms with Crippen LogP contribution in [-0.4, -0.2) is 18.4 Å². The highest BCUT2D eigenvalue weighted by Gasteiger charge is 2.20. The topological polar surface area (TPSA) is 29.1 Å². The lowest BCUT2D eigenvalue weighted by Gasteiger charge is -2.03. The predicted molar refractivity (Wildman–Crippen MR) is 66.4 cm³/mol. The summed E-state index contributed by atoms with van der Waals surface area (Å²) < 4.78 is 0. The lowest BCUT2D eigenvalue weighted by atomic mass is 10.1. The van der Waals surface area contributed by atoms with E-state index in [1.54, 1.807) is 18.2 Å². The van der Waals surface area contributed by atoms with Crippen LogP contribution >= 0.6 is 23.2 Å². The van der Waals surface area contributed by atoms with Crippen LogP contribution in [0.2, 0.25) is 10.0 Å². The Morgan fingerprint density at radius 2 is 2.06 bits per heavy atom. The number of carbonyl (C=O) groups is 1. The Balaban J connectivity index is 1.88. The summed E-state index contributed by atoms with van der Waals surface area (Å²) in [5.41, 5.74) is 0.631. The number of hydrogen-bond donors (Lipinski definition) is 1. The van der Waals surface area contributed by atoms with Crippen molar-refractivity contribution in [2.45, 2.75) is 25.3 Å². The highest BCUT2D eigenvalue weighted by atomic mass is 35.5. The maximum Gasteiger partial charge on any atom is 0.164 e. The Morgan fingerprint density at radius 1 is 1.31 bits per heavy atom. The summed E-state index contributed by atoms with van der Waals surface area (Å²) in [6.07, 6.45) is 2.98. The van der Waals surface area contributed by atoms with E-state index in [0.717, 1.165) is 6.54 Å². The van der Waals surface area contributed by atoms with Crippen molar-refractivity contribution < 1.29 is 4.79 Å². The molecule has 1 aromatic rings. The molecule has 1 aliphatic rings. The molecular formula is C12H13Cl2NO. The molecule has 0 aliphatic heterocycles. The molecule has 0 saturated heterocycles. The van der Waals surface area contributed by atoms with Gasteiger partial charge in [-0.3, -0.25) is 4.79 Å². The molecule has 0 heterocycles. The van der Waals surface area contributed by atoms with Crippen molar-refractivity contribution in [1.29, 1.82) is 0 Å². The molecule has 16 heavy (non-hydrogen) atoms. The zero-order chi connectivity index (χ0) is 11.5. The molecule has 2 rings (SSSR count). The summed E-state index contributed by atoms with van der Waals surface area (Å²) in [7, 11) is 0. The minimum atomic E-state index is 0.103. The summed E-state index contributed by atoms with van der Waals surface area (Å²) in [6.45, 7) is 0.740. The van der Waals surface area contributed by atoms with Gasteiger partial charge < -0.3 is 5.32 Å². The van der Waals surface area contributed by atoms with Crippen LogP contribution in [0.25, 0.3) is 0 Å². The lowest BCUT2D eigenvalue weighted by Crippen LogP contribution is -2.20. The Kier molecular flexibility index (Phi) is 3.85. The minimum Gasteiger partial charge on any atom is -0.314 e. The third kappa shape index (κ3) is 3.21. The first-order valence-electron chi connectivity index (χ1n) is 5.38. The molecule has 0 atom stereocenters. The Morgan fingerprint density at radius 3 is 2.69 bits per heavy atom. The summed E-state index contributed by atoms with van der Waals surface area (Å²) >= 11 is 11.6. The molecule has 1 aromatic carbocycles. The number of rotatable bonds is 5. The Hall–Kier alpha value is -0.570. The molecule has 1 saturated carbocycles. The molecule has 0 radical (unpaired) electrons. The van der Waals surface area contributed by atoms with Crippen molar-refractivity contribution in [1.82, 2.24) is 5.32 Å². The average Bonchev–Trinajstić information content (AvgIpc) is 3.06. The molecule has 0 aromatic heterocycles. The number of Topliss-reactive ketones (excluding diaryl/α,β-unsaturated/α-hetero) is 1. The van der Waals surface area contributed by atoms with Crippen LogP contribution in [0.1, 0.15) is 29.6 Å². The molecule has 2 nitrogen and oxygen atoms in total. The zero-order valence-corrected chi connectivity index (χ0v) is 10.3. The maximum atomic E-state index is 11.8. The molecule has 0 bridgehead atoms. The van der Waals surface area contributed by atoms with E-state index in [0.29, 0.717) is 28.1 Å². The second kappa shape index (κ2) is 5.17. The first-order chi connectivity index (χ1) is 7.66. The van der Waals surface area contributed by atoms with Crippen LogP contribution in [0.15, 0.2) is 18.2 Å². The van der Waals surface area contributed by atoms with Gasteiger partial charge in [0.2, 0.25) is 0 Å². The lowest BCUT2D eigenvalue weighted by molar-refractivity contribution is 0.0982. The first kappa shape index (κ1) is 11.9. The van der Waals surface area contributed by atoms with Gasteiger partial charge in [0.25, 0.3) is 0 Å². The van der Waals surface area contributed by atoms with E-state index in [1.807, 2.05) is 0 Å². The van der Waals surface area contributed by atoms with E-state index in [4.69, 9.17) is 23.2 Å². The first-order valence-corrected chi connectivity index (χ1v) is 6.14. The van der Waals surface area contributed by atoms with Crippen LogP contribution < -0.4 is 5.32 Å². The normalized spacial score (nSPS) is 15.1. The number of carbonyl (C=O) groups excluding carboxylic acids is 1. The molecule has 0 unspecified atom stereocenters. The molecule has 0 amide bonds. The Labute approximate surface area is 105 Å². The van der Waals surface area contributed by atoms with Gasteiger partial charge in [-0.05, 0) is 31.0 Å². The summed E-state index contributed by atoms with van der Waals surface area (Å²) in [6, 6.07) is 5.64. The zero-order valence-electron chi connectivity index (χ0n) is 8.80. The maximum absolute atomic E-state index is 11.8. The SMILES string of the molecule is O=C(CCNC1CC1)c1ccc(Cl)c(Cl)c1. The van der Waals surface area contributed by atoms with Gasteiger partial charge in [-0.1, -0.05) is 23.2 Å². The smallest absolute Gasteiger partial charge is 0.164 e. The van der Waals surface area contributed by atoms with Crippen molar-refractivity contribution in [2.75, 3.05) is 6.54 Å². The molecule has 0 spiro atoms. The highest BCUT2D eigenvalue weighted by molar-refractivity contribution is 6.42. The van der Waals surface area contributed by atoms with Crippen LogP contribution in [0, 0.1) is 0 Å². The van der Waals surface area contributed by atoms with Gasteiger partial charge in [0.15, 0.2) is 5.78 Å². The van der Waals surface area contributed by atoms with Gasteiger partial charge >= 0.3 is 0 Å². The van der Waals surface area contributed by atoms with Gasteiger partial charge in [-0.25, -0.2) is 0 Å².